The van der Waals surface area contributed by atoms with Gasteiger partial charge in [0.25, 0.3) is 5.91 Å². The van der Waals surface area contributed by atoms with E-state index in [1.165, 1.54) is 18.3 Å². The smallest absolute Gasteiger partial charge is 0.338 e. The number of carbonyl (C=O) groups is 2. The fourth-order valence-electron chi connectivity index (χ4n) is 1.57. The zero-order valence-corrected chi connectivity index (χ0v) is 11.4. The van der Waals surface area contributed by atoms with Gasteiger partial charge in [-0.1, -0.05) is 0 Å². The highest BCUT2D eigenvalue weighted by Gasteiger charge is 2.18. The number of aromatic nitrogens is 1. The van der Waals surface area contributed by atoms with Crippen molar-refractivity contribution in [3.8, 4) is 0 Å². The number of nitrogens with one attached hydrogen (secondary N) is 1. The molecule has 1 aromatic rings. The molecule has 0 aliphatic rings. The molecule has 1 heterocycles. The fraction of sp³-hybridized carbons (Fsp3) is 0.462. The summed E-state index contributed by atoms with van der Waals surface area (Å²) in [5.74, 6) is -1.61. The van der Waals surface area contributed by atoms with E-state index in [1.54, 1.807) is 0 Å². The van der Waals surface area contributed by atoms with E-state index < -0.39 is 11.9 Å². The minimum absolute atomic E-state index is 0.0430. The zero-order valence-electron chi connectivity index (χ0n) is 11.4. The number of carboxylic acid groups (broad SMARTS) is 1. The van der Waals surface area contributed by atoms with Crippen LogP contribution in [0, 0.1) is 0 Å². The van der Waals surface area contributed by atoms with Crippen molar-refractivity contribution in [2.45, 2.75) is 19.4 Å². The lowest BCUT2D eigenvalue weighted by Gasteiger charge is -2.16. The van der Waals surface area contributed by atoms with E-state index in [0.717, 1.165) is 13.0 Å². The van der Waals surface area contributed by atoms with Crippen LogP contribution in [0.3, 0.4) is 0 Å². The van der Waals surface area contributed by atoms with E-state index in [2.05, 4.69) is 10.3 Å². The third-order valence-corrected chi connectivity index (χ3v) is 2.64. The Labute approximate surface area is 112 Å². The maximum Gasteiger partial charge on any atom is 0.338 e. The van der Waals surface area contributed by atoms with Gasteiger partial charge in [-0.05, 0) is 46.1 Å². The molecule has 0 saturated carbocycles. The van der Waals surface area contributed by atoms with E-state index in [9.17, 15) is 9.59 Å². The Hall–Kier alpha value is -1.95. The SMILES string of the molecule is CC(CCN(C)C)NC(=O)c1ncccc1C(=O)O. The molecule has 1 atom stereocenters. The molecule has 0 saturated heterocycles. The van der Waals surface area contributed by atoms with Crippen molar-refractivity contribution in [2.75, 3.05) is 20.6 Å². The van der Waals surface area contributed by atoms with Crippen LogP contribution >= 0.6 is 0 Å². The van der Waals surface area contributed by atoms with Crippen molar-refractivity contribution in [1.29, 1.82) is 0 Å². The van der Waals surface area contributed by atoms with Crippen molar-refractivity contribution in [2.24, 2.45) is 0 Å². The Bertz CT molecular complexity index is 460. The predicted octanol–water partition coefficient (Wildman–Crippen LogP) is 0.850. The van der Waals surface area contributed by atoms with E-state index in [1.807, 2.05) is 25.9 Å². The van der Waals surface area contributed by atoms with Crippen molar-refractivity contribution in [1.82, 2.24) is 15.2 Å². The Morgan fingerprint density at radius 2 is 2.16 bits per heavy atom. The molecule has 1 rings (SSSR count). The first kappa shape index (κ1) is 15.1. The third kappa shape index (κ3) is 4.67. The van der Waals surface area contributed by atoms with Crippen LogP contribution in [-0.4, -0.2) is 53.5 Å². The molecule has 1 amide bonds. The molecule has 1 unspecified atom stereocenters. The highest BCUT2D eigenvalue weighted by atomic mass is 16.4. The summed E-state index contributed by atoms with van der Waals surface area (Å²) in [6.45, 7) is 2.72. The molecular formula is C13H19N3O3. The number of nitrogens with zero attached hydrogens (tertiary/aromatic N) is 2. The minimum atomic E-state index is -1.15. The molecule has 0 fully saturated rings. The molecule has 19 heavy (non-hydrogen) atoms. The van der Waals surface area contributed by atoms with E-state index in [0.29, 0.717) is 0 Å². The van der Waals surface area contributed by atoms with Gasteiger partial charge in [-0.3, -0.25) is 9.78 Å². The first-order chi connectivity index (χ1) is 8.91. The summed E-state index contributed by atoms with van der Waals surface area (Å²) >= 11 is 0. The summed E-state index contributed by atoms with van der Waals surface area (Å²) in [5, 5.41) is 11.8. The highest BCUT2D eigenvalue weighted by Crippen LogP contribution is 2.06. The lowest BCUT2D eigenvalue weighted by molar-refractivity contribution is 0.0689. The van der Waals surface area contributed by atoms with E-state index in [-0.39, 0.29) is 17.3 Å². The molecule has 104 valence electrons. The number of hydrogen-bond acceptors (Lipinski definition) is 4. The zero-order chi connectivity index (χ0) is 14.4. The van der Waals surface area contributed by atoms with Crippen LogP contribution in [0.4, 0.5) is 0 Å². The maximum atomic E-state index is 12.0. The van der Waals surface area contributed by atoms with Gasteiger partial charge in [-0.25, -0.2) is 4.79 Å². The Morgan fingerprint density at radius 3 is 2.74 bits per heavy atom. The van der Waals surface area contributed by atoms with Crippen LogP contribution in [0.1, 0.15) is 34.2 Å². The van der Waals surface area contributed by atoms with Crippen LogP contribution in [0.15, 0.2) is 18.3 Å². The van der Waals surface area contributed by atoms with E-state index in [4.69, 9.17) is 5.11 Å². The van der Waals surface area contributed by atoms with Gasteiger partial charge in [0, 0.05) is 12.2 Å². The van der Waals surface area contributed by atoms with Gasteiger partial charge < -0.3 is 15.3 Å². The average Bonchev–Trinajstić information content (AvgIpc) is 2.36. The molecule has 0 radical (unpaired) electrons. The Balaban J connectivity index is 2.70. The first-order valence-electron chi connectivity index (χ1n) is 6.05. The summed E-state index contributed by atoms with van der Waals surface area (Å²) in [5.41, 5.74) is -0.133. The second-order valence-corrected chi connectivity index (χ2v) is 4.67. The molecule has 0 aromatic carbocycles. The van der Waals surface area contributed by atoms with E-state index >= 15 is 0 Å². The molecule has 2 N–H and O–H groups in total. The minimum Gasteiger partial charge on any atom is -0.478 e. The topological polar surface area (TPSA) is 82.5 Å². The summed E-state index contributed by atoms with van der Waals surface area (Å²) in [6, 6.07) is 2.82. The maximum absolute atomic E-state index is 12.0. The summed E-state index contributed by atoms with van der Waals surface area (Å²) < 4.78 is 0. The van der Waals surface area contributed by atoms with Crippen LogP contribution in [0.2, 0.25) is 0 Å². The summed E-state index contributed by atoms with van der Waals surface area (Å²) in [7, 11) is 3.91. The normalized spacial score (nSPS) is 12.2. The second kappa shape index (κ2) is 6.84. The number of rotatable bonds is 6. The molecule has 0 bridgehead atoms. The number of carbonyl (C=O) groups excluding carboxylic acids is 1. The Kier molecular flexibility index (Phi) is 5.44. The van der Waals surface area contributed by atoms with Crippen LogP contribution in [0.5, 0.6) is 0 Å². The molecule has 0 aliphatic carbocycles. The number of carboxylic acids is 1. The average molecular weight is 265 g/mol. The Morgan fingerprint density at radius 1 is 1.47 bits per heavy atom. The van der Waals surface area contributed by atoms with Gasteiger partial charge in [0.05, 0.1) is 5.56 Å². The molecular weight excluding hydrogens is 246 g/mol. The van der Waals surface area contributed by atoms with Gasteiger partial charge >= 0.3 is 5.97 Å². The number of hydrogen-bond donors (Lipinski definition) is 2. The first-order valence-corrected chi connectivity index (χ1v) is 6.05. The van der Waals surface area contributed by atoms with Gasteiger partial charge in [0.2, 0.25) is 0 Å². The fourth-order valence-corrected chi connectivity index (χ4v) is 1.57. The quantitative estimate of drug-likeness (QED) is 0.796. The van der Waals surface area contributed by atoms with Gasteiger partial charge in [-0.15, -0.1) is 0 Å². The van der Waals surface area contributed by atoms with Crippen molar-refractivity contribution in [3.05, 3.63) is 29.6 Å². The van der Waals surface area contributed by atoms with Gasteiger partial charge in [0.15, 0.2) is 0 Å². The second-order valence-electron chi connectivity index (χ2n) is 4.67. The number of pyridine rings is 1. The molecule has 0 spiro atoms. The molecule has 6 nitrogen and oxygen atoms in total. The van der Waals surface area contributed by atoms with Crippen LogP contribution in [-0.2, 0) is 0 Å². The van der Waals surface area contributed by atoms with Crippen molar-refractivity contribution >= 4 is 11.9 Å². The van der Waals surface area contributed by atoms with Crippen molar-refractivity contribution < 1.29 is 14.7 Å². The van der Waals surface area contributed by atoms with Crippen molar-refractivity contribution in [3.63, 3.8) is 0 Å². The van der Waals surface area contributed by atoms with Crippen LogP contribution in [0.25, 0.3) is 0 Å². The van der Waals surface area contributed by atoms with Gasteiger partial charge in [-0.2, -0.15) is 0 Å². The third-order valence-electron chi connectivity index (χ3n) is 2.64. The largest absolute Gasteiger partial charge is 0.478 e. The lowest BCUT2D eigenvalue weighted by atomic mass is 10.1. The monoisotopic (exact) mass is 265 g/mol. The molecule has 1 aromatic heterocycles. The number of amides is 1. The standard InChI is InChI=1S/C13H19N3O3/c1-9(6-8-16(2)3)15-12(17)11-10(13(18)19)5-4-7-14-11/h4-5,7,9H,6,8H2,1-3H3,(H,15,17)(H,18,19). The summed E-state index contributed by atoms with van der Waals surface area (Å²) in [6.07, 6.45) is 2.19. The van der Waals surface area contributed by atoms with Crippen LogP contribution < -0.4 is 5.32 Å². The highest BCUT2D eigenvalue weighted by molar-refractivity contribution is 6.03. The summed E-state index contributed by atoms with van der Waals surface area (Å²) in [4.78, 5) is 28.8. The molecule has 0 aliphatic heterocycles. The predicted molar refractivity (Wildman–Crippen MR) is 71.3 cm³/mol. The number of aromatic carboxylic acids is 1. The lowest BCUT2D eigenvalue weighted by Crippen LogP contribution is -2.36. The van der Waals surface area contributed by atoms with Gasteiger partial charge in [0.1, 0.15) is 5.69 Å². The molecule has 6 heteroatoms.